The van der Waals surface area contributed by atoms with Gasteiger partial charge in [-0.15, -0.1) is 0 Å². The highest BCUT2D eigenvalue weighted by Crippen LogP contribution is 2.24. The molecule has 0 bridgehead atoms. The summed E-state index contributed by atoms with van der Waals surface area (Å²) in [4.78, 5) is 14.9. The molecule has 1 N–H and O–H groups in total. The van der Waals surface area contributed by atoms with E-state index in [0.29, 0.717) is 43.5 Å². The van der Waals surface area contributed by atoms with E-state index in [-0.39, 0.29) is 11.9 Å². The van der Waals surface area contributed by atoms with Crippen LogP contribution in [-0.2, 0) is 21.8 Å². The lowest BCUT2D eigenvalue weighted by Gasteiger charge is -2.43. The molecular formula is C19H33N5O4S. The van der Waals surface area contributed by atoms with Crippen molar-refractivity contribution in [1.29, 1.82) is 0 Å². The van der Waals surface area contributed by atoms with E-state index in [1.54, 1.807) is 22.2 Å². The number of hydrogen-bond donors (Lipinski definition) is 1. The van der Waals surface area contributed by atoms with Crippen LogP contribution < -0.4 is 5.32 Å². The maximum Gasteiger partial charge on any atom is 0.254 e. The molecule has 0 aromatic carbocycles. The Hall–Kier alpha value is -1.49. The van der Waals surface area contributed by atoms with Crippen LogP contribution in [0.15, 0.2) is 6.20 Å². The van der Waals surface area contributed by atoms with Gasteiger partial charge in [0.1, 0.15) is 0 Å². The van der Waals surface area contributed by atoms with Crippen molar-refractivity contribution < 1.29 is 17.9 Å². The van der Waals surface area contributed by atoms with Gasteiger partial charge >= 0.3 is 0 Å². The molecule has 2 aliphatic heterocycles. The average Bonchev–Trinajstić information content (AvgIpc) is 3.03. The molecule has 10 heteroatoms. The summed E-state index contributed by atoms with van der Waals surface area (Å²) in [5.41, 5.74) is 1.30. The van der Waals surface area contributed by atoms with E-state index < -0.39 is 10.0 Å². The van der Waals surface area contributed by atoms with Gasteiger partial charge < -0.3 is 10.1 Å². The molecule has 3 heterocycles. The quantitative estimate of drug-likeness (QED) is 0.675. The third-order valence-corrected chi connectivity index (χ3v) is 7.14. The number of carbonyl (C=O) groups is 1. The first-order chi connectivity index (χ1) is 13.8. The largest absolute Gasteiger partial charge is 0.381 e. The molecule has 1 aromatic rings. The van der Waals surface area contributed by atoms with Crippen molar-refractivity contribution in [3.63, 3.8) is 0 Å². The van der Waals surface area contributed by atoms with Crippen LogP contribution in [0.3, 0.4) is 0 Å². The first-order valence-electron chi connectivity index (χ1n) is 10.3. The van der Waals surface area contributed by atoms with E-state index >= 15 is 0 Å². The first kappa shape index (κ1) is 22.2. The predicted molar refractivity (Wildman–Crippen MR) is 110 cm³/mol. The van der Waals surface area contributed by atoms with Gasteiger partial charge in [-0.25, -0.2) is 12.7 Å². The number of nitrogens with one attached hydrogen (secondary N) is 1. The van der Waals surface area contributed by atoms with E-state index in [1.807, 2.05) is 6.92 Å². The summed E-state index contributed by atoms with van der Waals surface area (Å²) in [6.07, 6.45) is 6.71. The summed E-state index contributed by atoms with van der Waals surface area (Å²) >= 11 is 0. The van der Waals surface area contributed by atoms with Gasteiger partial charge in [0.2, 0.25) is 10.0 Å². The number of hydrogen-bond acceptors (Lipinski definition) is 6. The number of rotatable bonds is 7. The van der Waals surface area contributed by atoms with Crippen molar-refractivity contribution in [2.24, 2.45) is 7.05 Å². The molecule has 9 nitrogen and oxygen atoms in total. The molecule has 164 valence electrons. The number of ether oxygens (including phenoxy) is 1. The second-order valence-corrected chi connectivity index (χ2v) is 10.0. The van der Waals surface area contributed by atoms with E-state index in [9.17, 15) is 13.2 Å². The molecule has 2 saturated heterocycles. The summed E-state index contributed by atoms with van der Waals surface area (Å²) in [7, 11) is -1.39. The fourth-order valence-electron chi connectivity index (χ4n) is 4.39. The van der Waals surface area contributed by atoms with Gasteiger partial charge in [-0.1, -0.05) is 0 Å². The van der Waals surface area contributed by atoms with Crippen molar-refractivity contribution in [3.8, 4) is 0 Å². The van der Waals surface area contributed by atoms with Crippen LogP contribution in [0.4, 0.5) is 0 Å². The molecule has 1 aromatic heterocycles. The minimum atomic E-state index is -3.19. The SMILES string of the molecule is Cc1nn(C)cc1C(=O)NCCN(C1CCOCC1)C1CCCN(S(C)(=O)=O)C1. The van der Waals surface area contributed by atoms with Crippen molar-refractivity contribution >= 4 is 15.9 Å². The van der Waals surface area contributed by atoms with E-state index in [0.717, 1.165) is 38.9 Å². The van der Waals surface area contributed by atoms with Gasteiger partial charge in [-0.05, 0) is 32.6 Å². The number of amides is 1. The summed E-state index contributed by atoms with van der Waals surface area (Å²) in [5, 5.41) is 7.23. The molecular weight excluding hydrogens is 394 g/mol. The number of aryl methyl sites for hydroxylation is 2. The Bertz CT molecular complexity index is 804. The van der Waals surface area contributed by atoms with E-state index in [4.69, 9.17) is 4.74 Å². The molecule has 3 rings (SSSR count). The summed E-state index contributed by atoms with van der Waals surface area (Å²) in [6.45, 7) is 5.60. The number of piperidine rings is 1. The van der Waals surface area contributed by atoms with Crippen molar-refractivity contribution in [2.45, 2.75) is 44.7 Å². The van der Waals surface area contributed by atoms with Crippen molar-refractivity contribution in [1.82, 2.24) is 24.3 Å². The zero-order valence-electron chi connectivity index (χ0n) is 17.6. The standard InChI is InChI=1S/C19H33N5O4S/c1-15-18(14-22(2)21-15)19(25)20-8-10-24(16-6-11-28-12-7-16)17-5-4-9-23(13-17)29(3,26)27/h14,16-17H,4-13H2,1-3H3,(H,20,25). The average molecular weight is 428 g/mol. The third kappa shape index (κ3) is 5.78. The lowest BCUT2D eigenvalue weighted by molar-refractivity contribution is 0.00673. The molecule has 0 aliphatic carbocycles. The topological polar surface area (TPSA) is 96.8 Å². The van der Waals surface area contributed by atoms with E-state index in [2.05, 4.69) is 15.3 Å². The van der Waals surface area contributed by atoms with Crippen LogP contribution in [0.2, 0.25) is 0 Å². The maximum atomic E-state index is 12.5. The van der Waals surface area contributed by atoms with Gasteiger partial charge in [0.25, 0.3) is 5.91 Å². The lowest BCUT2D eigenvalue weighted by atomic mass is 9.99. The zero-order valence-corrected chi connectivity index (χ0v) is 18.4. The smallest absolute Gasteiger partial charge is 0.254 e. The van der Waals surface area contributed by atoms with Crippen LogP contribution >= 0.6 is 0 Å². The third-order valence-electron chi connectivity index (χ3n) is 5.87. The number of sulfonamides is 1. The second-order valence-electron chi connectivity index (χ2n) is 8.06. The number of nitrogens with zero attached hydrogens (tertiary/aromatic N) is 4. The van der Waals surface area contributed by atoms with Gasteiger partial charge in [0.15, 0.2) is 0 Å². The predicted octanol–water partition coefficient (Wildman–Crippen LogP) is 0.363. The van der Waals surface area contributed by atoms with Crippen molar-refractivity contribution in [3.05, 3.63) is 17.5 Å². The highest BCUT2D eigenvalue weighted by Gasteiger charge is 2.33. The molecule has 1 atom stereocenters. The van der Waals surface area contributed by atoms with Crippen LogP contribution in [-0.4, -0.2) is 91.0 Å². The molecule has 2 aliphatic rings. The van der Waals surface area contributed by atoms with Gasteiger partial charge in [0, 0.05) is 64.7 Å². The van der Waals surface area contributed by atoms with Crippen LogP contribution in [0.5, 0.6) is 0 Å². The molecule has 0 spiro atoms. The summed E-state index contributed by atoms with van der Waals surface area (Å²) in [5.74, 6) is -0.121. The van der Waals surface area contributed by atoms with Gasteiger partial charge in [0.05, 0.1) is 17.5 Å². The zero-order chi connectivity index (χ0) is 21.0. The number of aromatic nitrogens is 2. The Balaban J connectivity index is 1.64. The molecule has 1 unspecified atom stereocenters. The normalized spacial score (nSPS) is 22.1. The van der Waals surface area contributed by atoms with Gasteiger partial charge in [-0.2, -0.15) is 5.10 Å². The van der Waals surface area contributed by atoms with Gasteiger partial charge in [-0.3, -0.25) is 14.4 Å². The Morgan fingerprint density at radius 2 is 2.03 bits per heavy atom. The van der Waals surface area contributed by atoms with Crippen molar-refractivity contribution in [2.75, 3.05) is 45.6 Å². The Kier molecular flexibility index (Phi) is 7.31. The minimum absolute atomic E-state index is 0.121. The molecule has 1 amide bonds. The Morgan fingerprint density at radius 1 is 1.31 bits per heavy atom. The molecule has 0 radical (unpaired) electrons. The van der Waals surface area contributed by atoms with Crippen LogP contribution in [0.1, 0.15) is 41.7 Å². The first-order valence-corrected chi connectivity index (χ1v) is 12.2. The molecule has 2 fully saturated rings. The van der Waals surface area contributed by atoms with Crippen LogP contribution in [0, 0.1) is 6.92 Å². The summed E-state index contributed by atoms with van der Waals surface area (Å²) < 4.78 is 32.8. The maximum absolute atomic E-state index is 12.5. The minimum Gasteiger partial charge on any atom is -0.381 e. The van der Waals surface area contributed by atoms with E-state index in [1.165, 1.54) is 6.26 Å². The lowest BCUT2D eigenvalue weighted by Crippen LogP contribution is -2.55. The summed E-state index contributed by atoms with van der Waals surface area (Å²) in [6, 6.07) is 0.517. The highest BCUT2D eigenvalue weighted by molar-refractivity contribution is 7.88. The second kappa shape index (κ2) is 9.55. The molecule has 29 heavy (non-hydrogen) atoms. The highest BCUT2D eigenvalue weighted by atomic mass is 32.2. The fraction of sp³-hybridized carbons (Fsp3) is 0.789. The molecule has 0 saturated carbocycles. The fourth-order valence-corrected chi connectivity index (χ4v) is 5.29. The van der Waals surface area contributed by atoms with Crippen LogP contribution in [0.25, 0.3) is 0 Å². The Morgan fingerprint density at radius 3 is 2.66 bits per heavy atom. The Labute approximate surface area is 173 Å². The number of carbonyl (C=O) groups excluding carboxylic acids is 1. The monoisotopic (exact) mass is 427 g/mol.